The van der Waals surface area contributed by atoms with E-state index in [0.717, 1.165) is 40.7 Å². The van der Waals surface area contributed by atoms with Crippen molar-refractivity contribution in [2.24, 2.45) is 0 Å². The van der Waals surface area contributed by atoms with Crippen LogP contribution in [-0.2, 0) is 6.18 Å². The minimum absolute atomic E-state index is 0.155. The molecule has 0 saturated carbocycles. The molecule has 0 radical (unpaired) electrons. The topological polar surface area (TPSA) is 140 Å². The lowest BCUT2D eigenvalue weighted by Crippen LogP contribution is -2.06. The number of benzene rings is 1. The van der Waals surface area contributed by atoms with Gasteiger partial charge in [0.15, 0.2) is 0 Å². The van der Waals surface area contributed by atoms with Gasteiger partial charge in [-0.25, -0.2) is 4.98 Å². The standard InChI is InChI=1S/C9H10F3N.C9H10N2.6C9H13N.C9H12.C8H11N/c1-6(2)8-4-3-7(5-13-8)9(10,11)12;1-7(2)8-3-4-9(5-10)11-6-8;3*1-7(2)9-5-4-8(3)10-6-9;2*1-7(2)9-5-4-8(3)6-10-9;1-7(2)9-6-4-5-8(3)10-9;1-8(2)9-6-4-3-5-7-9;1-7(2)8-5-3-4-6-9-8/h3-6H,1-2H3;3-4,6-7H,1-2H3;6*4-7H,1-3H3;3-8H,1-2H3;3-7H,1-2H3. The first-order valence-corrected chi connectivity index (χ1v) is 35.9. The van der Waals surface area contributed by atoms with Gasteiger partial charge in [-0.2, -0.15) is 18.4 Å². The number of aryl methyl sites for hydroxylation is 6. The molecule has 0 aliphatic heterocycles. The van der Waals surface area contributed by atoms with Gasteiger partial charge in [0, 0.05) is 101 Å². The van der Waals surface area contributed by atoms with E-state index < -0.39 is 11.7 Å². The molecule has 1 aromatic carbocycles. The zero-order valence-electron chi connectivity index (χ0n) is 66.4. The highest BCUT2D eigenvalue weighted by atomic mass is 19.4. The second-order valence-corrected chi connectivity index (χ2v) is 28.2. The summed E-state index contributed by atoms with van der Waals surface area (Å²) in [4.78, 5) is 37.4. The van der Waals surface area contributed by atoms with E-state index in [0.29, 0.717) is 64.6 Å². The summed E-state index contributed by atoms with van der Waals surface area (Å²) < 4.78 is 36.2. The molecule has 0 unspecified atom stereocenters. The third-order valence-corrected chi connectivity index (χ3v) is 15.4. The van der Waals surface area contributed by atoms with Crippen LogP contribution in [0.3, 0.4) is 0 Å². The molecule has 0 spiro atoms. The van der Waals surface area contributed by atoms with Crippen molar-refractivity contribution in [2.45, 2.75) is 245 Å². The average molecular weight is 1390 g/mol. The van der Waals surface area contributed by atoms with Crippen molar-refractivity contribution in [3.8, 4) is 6.07 Å². The third kappa shape index (κ3) is 40.3. The van der Waals surface area contributed by atoms with E-state index in [-0.39, 0.29) is 5.92 Å². The van der Waals surface area contributed by atoms with E-state index in [1.807, 2.05) is 121 Å². The van der Waals surface area contributed by atoms with Crippen LogP contribution in [0.25, 0.3) is 0 Å². The summed E-state index contributed by atoms with van der Waals surface area (Å²) in [5.74, 6) is 5.24. The highest BCUT2D eigenvalue weighted by Gasteiger charge is 2.30. The second kappa shape index (κ2) is 49.4. The number of hydrogen-bond donors (Lipinski definition) is 0. The quantitative estimate of drug-likeness (QED) is 0.130. The fraction of sp³-hybridized carbons (Fsp3) is 0.416. The molecule has 102 heavy (non-hydrogen) atoms. The van der Waals surface area contributed by atoms with Gasteiger partial charge in [0.2, 0.25) is 0 Å². The van der Waals surface area contributed by atoms with Crippen LogP contribution in [0.5, 0.6) is 0 Å². The molecule has 0 N–H and O–H groups in total. The van der Waals surface area contributed by atoms with E-state index in [2.05, 4.69) is 280 Å². The summed E-state index contributed by atoms with van der Waals surface area (Å²) in [6.45, 7) is 54.7. The average Bonchev–Trinajstić information content (AvgIpc) is 0.854. The maximum absolute atomic E-state index is 12.1. The number of pyridine rings is 9. The first-order chi connectivity index (χ1) is 47.9. The molecule has 0 bridgehead atoms. The molecule has 0 aliphatic carbocycles. The minimum Gasteiger partial charge on any atom is -0.261 e. The predicted molar refractivity (Wildman–Crippen MR) is 424 cm³/mol. The van der Waals surface area contributed by atoms with Crippen molar-refractivity contribution < 1.29 is 13.2 Å². The number of halogens is 3. The van der Waals surface area contributed by atoms with Crippen molar-refractivity contribution in [3.05, 3.63) is 303 Å². The highest BCUT2D eigenvalue weighted by Crippen LogP contribution is 2.29. The Balaban J connectivity index is 0.000000567. The SMILES string of the molecule is CC(C)c1ccc(C#N)nc1.CC(C)c1ccc(C(F)(F)F)cn1.CC(C)c1ccccc1.CC(C)c1ccccn1.Cc1ccc(C(C)C)cn1.Cc1ccc(C(C)C)cn1.Cc1ccc(C(C)C)cn1.Cc1ccc(C(C)C)nc1.Cc1ccc(C(C)C)nc1.Cc1cccc(C(C)C)n1. The van der Waals surface area contributed by atoms with Crippen LogP contribution in [0.4, 0.5) is 13.2 Å². The predicted octanol–water partition coefficient (Wildman–Crippen LogP) is 25.4. The van der Waals surface area contributed by atoms with Gasteiger partial charge in [-0.15, -0.1) is 0 Å². The van der Waals surface area contributed by atoms with Crippen molar-refractivity contribution >= 4 is 0 Å². The van der Waals surface area contributed by atoms with Crippen LogP contribution in [0.2, 0.25) is 0 Å². The number of hydrogen-bond acceptors (Lipinski definition) is 10. The van der Waals surface area contributed by atoms with Crippen molar-refractivity contribution in [2.75, 3.05) is 0 Å². The second-order valence-electron chi connectivity index (χ2n) is 28.2. The Hall–Kier alpha value is -9.15. The molecule has 10 nitrogen and oxygen atoms in total. The Morgan fingerprint density at radius 3 is 0.853 bits per heavy atom. The van der Waals surface area contributed by atoms with Gasteiger partial charge < -0.3 is 0 Å². The van der Waals surface area contributed by atoms with Gasteiger partial charge in [0.05, 0.1) is 5.56 Å². The summed E-state index contributed by atoms with van der Waals surface area (Å²) >= 11 is 0. The Morgan fingerprint density at radius 1 is 0.275 bits per heavy atom. The third-order valence-electron chi connectivity index (χ3n) is 15.4. The summed E-state index contributed by atoms with van der Waals surface area (Å²) in [6.07, 6.45) is 9.82. The molecular formula is C89H121F3N10. The van der Waals surface area contributed by atoms with E-state index >= 15 is 0 Å². The van der Waals surface area contributed by atoms with Crippen LogP contribution in [0.15, 0.2) is 201 Å². The van der Waals surface area contributed by atoms with Gasteiger partial charge in [0.1, 0.15) is 11.8 Å². The molecule has 0 atom stereocenters. The number of aromatic nitrogens is 9. The maximum Gasteiger partial charge on any atom is 0.417 e. The number of rotatable bonds is 10. The van der Waals surface area contributed by atoms with Crippen LogP contribution in [0, 0.1) is 52.9 Å². The van der Waals surface area contributed by atoms with Crippen molar-refractivity contribution in [3.63, 3.8) is 0 Å². The summed E-state index contributed by atoms with van der Waals surface area (Å²) in [6, 6.07) is 51.7. The van der Waals surface area contributed by atoms with Crippen LogP contribution in [-0.4, -0.2) is 44.9 Å². The van der Waals surface area contributed by atoms with E-state index in [9.17, 15) is 13.2 Å². The monoisotopic (exact) mass is 1390 g/mol. The number of nitriles is 1. The Morgan fingerprint density at radius 2 is 0.618 bits per heavy atom. The number of nitrogens with zero attached hydrogens (tertiary/aromatic N) is 10. The Labute approximate surface area is 614 Å². The Bertz CT molecular complexity index is 3440. The lowest BCUT2D eigenvalue weighted by Gasteiger charge is -2.08. The van der Waals surface area contributed by atoms with E-state index in [1.165, 1.54) is 62.1 Å². The van der Waals surface area contributed by atoms with Gasteiger partial charge in [0.25, 0.3) is 0 Å². The van der Waals surface area contributed by atoms with Gasteiger partial charge in [-0.05, 0) is 212 Å². The van der Waals surface area contributed by atoms with Crippen molar-refractivity contribution in [1.29, 1.82) is 5.26 Å². The normalized spacial score (nSPS) is 10.5. The first kappa shape index (κ1) is 90.9. The van der Waals surface area contributed by atoms with Gasteiger partial charge in [-0.3, -0.25) is 39.9 Å². The molecule has 0 amide bonds. The minimum atomic E-state index is -4.29. The Kier molecular flexibility index (Phi) is 44.0. The van der Waals surface area contributed by atoms with E-state index in [4.69, 9.17) is 5.26 Å². The van der Waals surface area contributed by atoms with Crippen LogP contribution >= 0.6 is 0 Å². The fourth-order valence-corrected chi connectivity index (χ4v) is 8.27. The highest BCUT2D eigenvalue weighted by molar-refractivity contribution is 5.25. The molecule has 0 fully saturated rings. The lowest BCUT2D eigenvalue weighted by molar-refractivity contribution is -0.137. The smallest absolute Gasteiger partial charge is 0.261 e. The first-order valence-electron chi connectivity index (χ1n) is 35.9. The molecule has 10 rings (SSSR count). The largest absolute Gasteiger partial charge is 0.417 e. The molecule has 10 aromatic rings. The maximum atomic E-state index is 12.1. The molecule has 13 heteroatoms. The molecular weight excluding hydrogens is 1270 g/mol. The number of alkyl halides is 3. The van der Waals surface area contributed by atoms with E-state index in [1.54, 1.807) is 12.3 Å². The molecule has 0 aliphatic rings. The van der Waals surface area contributed by atoms with Gasteiger partial charge in [-0.1, -0.05) is 217 Å². The molecule has 9 heterocycles. The fourth-order valence-electron chi connectivity index (χ4n) is 8.27. The lowest BCUT2D eigenvalue weighted by atomic mass is 10.0. The summed E-state index contributed by atoms with van der Waals surface area (Å²) in [5, 5.41) is 8.45. The summed E-state index contributed by atoms with van der Waals surface area (Å²) in [5.41, 5.74) is 18.5. The molecule has 9 aromatic heterocycles. The van der Waals surface area contributed by atoms with Crippen molar-refractivity contribution in [1.82, 2.24) is 44.9 Å². The van der Waals surface area contributed by atoms with Crippen LogP contribution in [0.1, 0.15) is 299 Å². The molecule has 548 valence electrons. The van der Waals surface area contributed by atoms with Gasteiger partial charge >= 0.3 is 6.18 Å². The molecule has 0 saturated heterocycles. The zero-order valence-corrected chi connectivity index (χ0v) is 66.4. The summed E-state index contributed by atoms with van der Waals surface area (Å²) in [7, 11) is 0. The zero-order chi connectivity index (χ0) is 77.1. The van der Waals surface area contributed by atoms with Crippen LogP contribution < -0.4 is 0 Å².